The van der Waals surface area contributed by atoms with Gasteiger partial charge in [-0.1, -0.05) is 22.0 Å². The molecule has 0 bridgehead atoms. The summed E-state index contributed by atoms with van der Waals surface area (Å²) in [5.74, 6) is -0.446. The quantitative estimate of drug-likeness (QED) is 0.894. The van der Waals surface area contributed by atoms with Gasteiger partial charge in [0.1, 0.15) is 0 Å². The second-order valence-corrected chi connectivity index (χ2v) is 4.42. The predicted octanol–water partition coefficient (Wildman–Crippen LogP) is 3.01. The van der Waals surface area contributed by atoms with E-state index in [2.05, 4.69) is 31.2 Å². The summed E-state index contributed by atoms with van der Waals surface area (Å²) in [4.78, 5) is 7.37. The van der Waals surface area contributed by atoms with Crippen LogP contribution in [0.15, 0.2) is 28.9 Å². The Morgan fingerprint density at radius 3 is 2.94 bits per heavy atom. The summed E-state index contributed by atoms with van der Waals surface area (Å²) in [7, 11) is 0. The summed E-state index contributed by atoms with van der Waals surface area (Å²) < 4.78 is 14.3. The van der Waals surface area contributed by atoms with Crippen molar-refractivity contribution in [2.45, 2.75) is 6.92 Å². The van der Waals surface area contributed by atoms with Crippen molar-refractivity contribution in [3.8, 4) is 0 Å². The number of nitrogens with one attached hydrogen (secondary N) is 1. The minimum atomic E-state index is -0.543. The molecule has 0 spiro atoms. The molecule has 17 heavy (non-hydrogen) atoms. The van der Waals surface area contributed by atoms with Crippen LogP contribution in [0.1, 0.15) is 5.56 Å². The smallest absolute Gasteiger partial charge is 0.222 e. The molecule has 1 heterocycles. The molecule has 0 aliphatic heterocycles. The van der Waals surface area contributed by atoms with Crippen molar-refractivity contribution in [1.29, 1.82) is 0 Å². The maximum absolute atomic E-state index is 13.4. The van der Waals surface area contributed by atoms with Crippen LogP contribution in [0.3, 0.4) is 0 Å². The maximum atomic E-state index is 13.4. The Kier molecular flexibility index (Phi) is 3.23. The summed E-state index contributed by atoms with van der Waals surface area (Å²) in [6.07, 6.45) is 1.04. The molecule has 1 aromatic carbocycles. The van der Waals surface area contributed by atoms with Crippen molar-refractivity contribution in [1.82, 2.24) is 9.97 Å². The molecule has 1 aromatic heterocycles. The molecule has 0 saturated carbocycles. The first-order chi connectivity index (χ1) is 8.06. The highest BCUT2D eigenvalue weighted by atomic mass is 79.9. The van der Waals surface area contributed by atoms with Crippen molar-refractivity contribution in [3.05, 3.63) is 40.2 Å². The van der Waals surface area contributed by atoms with Gasteiger partial charge in [-0.15, -0.1) is 0 Å². The lowest BCUT2D eigenvalue weighted by Gasteiger charge is -2.10. The number of nitrogens with two attached hydrogens (primary N) is 1. The zero-order valence-corrected chi connectivity index (χ0v) is 10.6. The lowest BCUT2D eigenvalue weighted by Crippen LogP contribution is -2.03. The van der Waals surface area contributed by atoms with Gasteiger partial charge in [0.15, 0.2) is 11.6 Å². The van der Waals surface area contributed by atoms with E-state index in [1.54, 1.807) is 0 Å². The van der Waals surface area contributed by atoms with E-state index in [1.165, 1.54) is 0 Å². The fraction of sp³-hybridized carbons (Fsp3) is 0.0909. The van der Waals surface area contributed by atoms with Crippen molar-refractivity contribution >= 4 is 33.4 Å². The van der Waals surface area contributed by atoms with Crippen LogP contribution in [0.5, 0.6) is 0 Å². The number of anilines is 3. The minimum absolute atomic E-state index is 0.0292. The van der Waals surface area contributed by atoms with Crippen molar-refractivity contribution in [3.63, 3.8) is 0 Å². The van der Waals surface area contributed by atoms with Gasteiger partial charge in [-0.2, -0.15) is 4.98 Å². The molecular weight excluding hydrogens is 287 g/mol. The van der Waals surface area contributed by atoms with E-state index in [0.29, 0.717) is 0 Å². The summed E-state index contributed by atoms with van der Waals surface area (Å²) in [5, 5.41) is 2.89. The molecule has 0 unspecified atom stereocenters. The number of nitrogen functional groups attached to an aromatic ring is 1. The third-order valence-electron chi connectivity index (χ3n) is 2.22. The topological polar surface area (TPSA) is 63.8 Å². The molecule has 0 aliphatic rings. The van der Waals surface area contributed by atoms with Gasteiger partial charge in [0.05, 0.1) is 6.20 Å². The van der Waals surface area contributed by atoms with E-state index in [1.807, 2.05) is 25.1 Å². The Morgan fingerprint density at radius 1 is 1.41 bits per heavy atom. The number of hydrogen-bond donors (Lipinski definition) is 2. The van der Waals surface area contributed by atoms with Crippen LogP contribution in [0, 0.1) is 12.7 Å². The fourth-order valence-electron chi connectivity index (χ4n) is 1.32. The number of nitrogens with zero attached hydrogens (tertiary/aromatic N) is 2. The third kappa shape index (κ3) is 2.71. The zero-order chi connectivity index (χ0) is 12.4. The van der Waals surface area contributed by atoms with Crippen LogP contribution >= 0.6 is 15.9 Å². The molecule has 0 amide bonds. The summed E-state index contributed by atoms with van der Waals surface area (Å²) in [6, 6.07) is 5.66. The first-order valence-corrected chi connectivity index (χ1v) is 5.67. The van der Waals surface area contributed by atoms with Gasteiger partial charge in [-0.25, -0.2) is 9.37 Å². The highest BCUT2D eigenvalue weighted by molar-refractivity contribution is 9.10. The summed E-state index contributed by atoms with van der Waals surface area (Å²) in [5.41, 5.74) is 7.15. The standard InChI is InChI=1S/C11H10BrFN4/c1-6-2-3-7(12)4-9(6)16-10-8(13)5-15-11(14)17-10/h2-5H,1H3,(H3,14,15,16,17). The van der Waals surface area contributed by atoms with Crippen LogP contribution in [-0.4, -0.2) is 9.97 Å². The molecule has 0 saturated heterocycles. The van der Waals surface area contributed by atoms with Crippen LogP contribution in [0.2, 0.25) is 0 Å². The highest BCUT2D eigenvalue weighted by Crippen LogP contribution is 2.24. The molecule has 6 heteroatoms. The van der Waals surface area contributed by atoms with Crippen LogP contribution in [-0.2, 0) is 0 Å². The molecule has 88 valence electrons. The molecule has 0 radical (unpaired) electrons. The van der Waals surface area contributed by atoms with Gasteiger partial charge in [-0.05, 0) is 24.6 Å². The first kappa shape index (κ1) is 11.8. The summed E-state index contributed by atoms with van der Waals surface area (Å²) in [6.45, 7) is 1.91. The van der Waals surface area contributed by atoms with E-state index in [0.717, 1.165) is 21.9 Å². The Labute approximate surface area is 106 Å². The third-order valence-corrected chi connectivity index (χ3v) is 2.71. The molecule has 2 aromatic rings. The lowest BCUT2D eigenvalue weighted by molar-refractivity contribution is 0.620. The van der Waals surface area contributed by atoms with Gasteiger partial charge < -0.3 is 11.1 Å². The Bertz CT molecular complexity index is 510. The molecule has 0 fully saturated rings. The number of hydrogen-bond acceptors (Lipinski definition) is 4. The molecule has 0 atom stereocenters. The minimum Gasteiger partial charge on any atom is -0.368 e. The molecule has 0 aliphatic carbocycles. The van der Waals surface area contributed by atoms with Crippen molar-refractivity contribution < 1.29 is 4.39 Å². The van der Waals surface area contributed by atoms with E-state index in [-0.39, 0.29) is 11.8 Å². The maximum Gasteiger partial charge on any atom is 0.222 e. The van der Waals surface area contributed by atoms with Crippen LogP contribution in [0.25, 0.3) is 0 Å². The van der Waals surface area contributed by atoms with E-state index >= 15 is 0 Å². The van der Waals surface area contributed by atoms with Gasteiger partial charge >= 0.3 is 0 Å². The molecule has 2 rings (SSSR count). The van der Waals surface area contributed by atoms with Crippen LogP contribution in [0.4, 0.5) is 21.8 Å². The van der Waals surface area contributed by atoms with Gasteiger partial charge in [-0.3, -0.25) is 0 Å². The zero-order valence-electron chi connectivity index (χ0n) is 9.04. The monoisotopic (exact) mass is 296 g/mol. The van der Waals surface area contributed by atoms with Crippen molar-refractivity contribution in [2.75, 3.05) is 11.1 Å². The molecule has 3 N–H and O–H groups in total. The number of aryl methyl sites for hydroxylation is 1. The number of rotatable bonds is 2. The second kappa shape index (κ2) is 4.67. The molecule has 4 nitrogen and oxygen atoms in total. The van der Waals surface area contributed by atoms with E-state index < -0.39 is 5.82 Å². The highest BCUT2D eigenvalue weighted by Gasteiger charge is 2.07. The van der Waals surface area contributed by atoms with E-state index in [4.69, 9.17) is 5.73 Å². The van der Waals surface area contributed by atoms with Gasteiger partial charge in [0, 0.05) is 10.2 Å². The van der Waals surface area contributed by atoms with Gasteiger partial charge in [0.2, 0.25) is 5.95 Å². The Hall–Kier alpha value is -1.69. The van der Waals surface area contributed by atoms with Crippen molar-refractivity contribution in [2.24, 2.45) is 0 Å². The fourth-order valence-corrected chi connectivity index (χ4v) is 1.69. The van der Waals surface area contributed by atoms with E-state index in [9.17, 15) is 4.39 Å². The van der Waals surface area contributed by atoms with Crippen LogP contribution < -0.4 is 11.1 Å². The second-order valence-electron chi connectivity index (χ2n) is 3.51. The first-order valence-electron chi connectivity index (χ1n) is 4.87. The predicted molar refractivity (Wildman–Crippen MR) is 68.6 cm³/mol. The van der Waals surface area contributed by atoms with Gasteiger partial charge in [0.25, 0.3) is 0 Å². The average molecular weight is 297 g/mol. The average Bonchev–Trinajstić information content (AvgIpc) is 2.28. The number of halogens is 2. The SMILES string of the molecule is Cc1ccc(Br)cc1Nc1nc(N)ncc1F. The normalized spacial score (nSPS) is 10.3. The number of aromatic nitrogens is 2. The Balaban J connectivity index is 2.37. The Morgan fingerprint density at radius 2 is 2.18 bits per heavy atom. The molecular formula is C11H10BrFN4. The largest absolute Gasteiger partial charge is 0.368 e. The number of benzene rings is 1. The lowest BCUT2D eigenvalue weighted by atomic mass is 10.2. The summed E-state index contributed by atoms with van der Waals surface area (Å²) >= 11 is 3.35.